The number of hydrogen-bond donors (Lipinski definition) is 2. The molecule has 32 heavy (non-hydrogen) atoms. The average Bonchev–Trinajstić information content (AvgIpc) is 3.35. The van der Waals surface area contributed by atoms with Crippen LogP contribution in [0.2, 0.25) is 0 Å². The minimum atomic E-state index is -0.0219. The molecule has 0 aliphatic carbocycles. The van der Waals surface area contributed by atoms with Gasteiger partial charge in [0.15, 0.2) is 5.96 Å². The van der Waals surface area contributed by atoms with Crippen LogP contribution in [-0.4, -0.2) is 96.5 Å². The number of halogens is 1. The SMILES string of the molecule is CCNC(=NCCCCNc1ccccn1)N1CCN(C(C)C(=O)N2CCCC2)CC1.I. The number of hydrogen-bond acceptors (Lipinski definition) is 5. The summed E-state index contributed by atoms with van der Waals surface area (Å²) in [6.45, 7) is 12.2. The van der Waals surface area contributed by atoms with Gasteiger partial charge in [-0.2, -0.15) is 0 Å². The number of carbonyl (C=O) groups is 1. The summed E-state index contributed by atoms with van der Waals surface area (Å²) in [5.41, 5.74) is 0. The highest BCUT2D eigenvalue weighted by Gasteiger charge is 2.30. The molecule has 2 aliphatic rings. The Kier molecular flexibility index (Phi) is 12.1. The lowest BCUT2D eigenvalue weighted by Gasteiger charge is -2.39. The molecule has 180 valence electrons. The van der Waals surface area contributed by atoms with Crippen LogP contribution < -0.4 is 10.6 Å². The van der Waals surface area contributed by atoms with Crippen molar-refractivity contribution in [3.05, 3.63) is 24.4 Å². The zero-order valence-corrected chi connectivity index (χ0v) is 22.0. The largest absolute Gasteiger partial charge is 0.370 e. The van der Waals surface area contributed by atoms with Gasteiger partial charge in [0.2, 0.25) is 5.91 Å². The van der Waals surface area contributed by atoms with Crippen LogP contribution in [0.1, 0.15) is 39.5 Å². The van der Waals surface area contributed by atoms with Crippen molar-refractivity contribution >= 4 is 41.7 Å². The smallest absolute Gasteiger partial charge is 0.239 e. The van der Waals surface area contributed by atoms with Gasteiger partial charge in [-0.3, -0.25) is 14.7 Å². The van der Waals surface area contributed by atoms with E-state index in [1.54, 1.807) is 6.20 Å². The summed E-state index contributed by atoms with van der Waals surface area (Å²) in [6, 6.07) is 5.88. The van der Waals surface area contributed by atoms with Crippen molar-refractivity contribution in [2.45, 2.75) is 45.6 Å². The lowest BCUT2D eigenvalue weighted by Crippen LogP contribution is -2.57. The molecule has 2 aliphatic heterocycles. The maximum atomic E-state index is 12.7. The van der Waals surface area contributed by atoms with Crippen LogP contribution in [0.15, 0.2) is 29.4 Å². The molecular weight excluding hydrogens is 517 g/mol. The Labute approximate surface area is 210 Å². The summed E-state index contributed by atoms with van der Waals surface area (Å²) in [5.74, 6) is 2.22. The van der Waals surface area contributed by atoms with Crippen LogP contribution in [0, 0.1) is 0 Å². The van der Waals surface area contributed by atoms with Crippen molar-refractivity contribution in [2.24, 2.45) is 4.99 Å². The van der Waals surface area contributed by atoms with Gasteiger partial charge in [-0.25, -0.2) is 4.98 Å². The normalized spacial score (nSPS) is 18.2. The third-order valence-corrected chi connectivity index (χ3v) is 6.09. The van der Waals surface area contributed by atoms with E-state index in [0.717, 1.165) is 96.4 Å². The number of rotatable bonds is 9. The van der Waals surface area contributed by atoms with Crippen molar-refractivity contribution in [2.75, 3.05) is 64.2 Å². The van der Waals surface area contributed by atoms with Crippen molar-refractivity contribution < 1.29 is 4.79 Å². The number of anilines is 1. The number of guanidine groups is 1. The summed E-state index contributed by atoms with van der Waals surface area (Å²) in [6.07, 6.45) is 6.19. The van der Waals surface area contributed by atoms with Gasteiger partial charge in [-0.05, 0) is 51.7 Å². The van der Waals surface area contributed by atoms with E-state index >= 15 is 0 Å². The Hall–Kier alpha value is -1.62. The molecule has 9 heteroatoms. The predicted molar refractivity (Wildman–Crippen MR) is 142 cm³/mol. The molecule has 3 heterocycles. The molecule has 1 aromatic heterocycles. The van der Waals surface area contributed by atoms with Crippen LogP contribution in [0.3, 0.4) is 0 Å². The first-order chi connectivity index (χ1) is 15.2. The molecule has 0 saturated carbocycles. The number of likely N-dealkylation sites (tertiary alicyclic amines) is 1. The molecule has 0 aromatic carbocycles. The van der Waals surface area contributed by atoms with E-state index in [1.807, 2.05) is 23.1 Å². The maximum absolute atomic E-state index is 12.7. The molecule has 1 amide bonds. The van der Waals surface area contributed by atoms with Crippen molar-refractivity contribution in [3.63, 3.8) is 0 Å². The van der Waals surface area contributed by atoms with Crippen LogP contribution in [0.25, 0.3) is 0 Å². The van der Waals surface area contributed by atoms with Crippen LogP contribution in [-0.2, 0) is 4.79 Å². The lowest BCUT2D eigenvalue weighted by molar-refractivity contribution is -0.135. The number of unbranched alkanes of at least 4 members (excludes halogenated alkanes) is 1. The summed E-state index contributed by atoms with van der Waals surface area (Å²) in [5, 5.41) is 6.78. The number of pyridine rings is 1. The highest BCUT2D eigenvalue weighted by Crippen LogP contribution is 2.14. The Balaban J connectivity index is 0.00000363. The first-order valence-corrected chi connectivity index (χ1v) is 11.9. The van der Waals surface area contributed by atoms with Crippen molar-refractivity contribution in [3.8, 4) is 0 Å². The summed E-state index contributed by atoms with van der Waals surface area (Å²) in [4.78, 5) is 28.5. The number of nitrogens with one attached hydrogen (secondary N) is 2. The zero-order valence-electron chi connectivity index (χ0n) is 19.6. The highest BCUT2D eigenvalue weighted by atomic mass is 127. The number of amides is 1. The summed E-state index contributed by atoms with van der Waals surface area (Å²) in [7, 11) is 0. The van der Waals surface area contributed by atoms with Crippen LogP contribution in [0.5, 0.6) is 0 Å². The molecule has 1 aromatic rings. The van der Waals surface area contributed by atoms with Gasteiger partial charge < -0.3 is 20.4 Å². The third-order valence-electron chi connectivity index (χ3n) is 6.09. The highest BCUT2D eigenvalue weighted by molar-refractivity contribution is 14.0. The predicted octanol–water partition coefficient (Wildman–Crippen LogP) is 2.49. The monoisotopic (exact) mass is 557 g/mol. The molecule has 2 N–H and O–H groups in total. The molecule has 8 nitrogen and oxygen atoms in total. The quantitative estimate of drug-likeness (QED) is 0.210. The molecule has 0 bridgehead atoms. The van der Waals surface area contributed by atoms with Gasteiger partial charge in [0.1, 0.15) is 5.82 Å². The van der Waals surface area contributed by atoms with E-state index in [4.69, 9.17) is 4.99 Å². The van der Waals surface area contributed by atoms with Gasteiger partial charge in [0.05, 0.1) is 6.04 Å². The molecule has 1 unspecified atom stereocenters. The standard InChI is InChI=1S/C23H39N7O.HI/c1-3-24-23(27-13-7-6-12-26-21-10-4-5-11-25-21)30-18-16-28(17-19-30)20(2)22(31)29-14-8-9-15-29;/h4-5,10-11,20H,3,6-9,12-19H2,1-2H3,(H,24,27)(H,25,26);1H. The van der Waals surface area contributed by atoms with Gasteiger partial charge in [0, 0.05) is 65.1 Å². The van der Waals surface area contributed by atoms with Gasteiger partial charge in [0.25, 0.3) is 0 Å². The Morgan fingerprint density at radius 3 is 2.50 bits per heavy atom. The minimum Gasteiger partial charge on any atom is -0.370 e. The Bertz CT molecular complexity index is 689. The fourth-order valence-corrected chi connectivity index (χ4v) is 4.21. The first kappa shape index (κ1) is 26.6. The molecule has 2 fully saturated rings. The maximum Gasteiger partial charge on any atom is 0.239 e. The first-order valence-electron chi connectivity index (χ1n) is 11.9. The fraction of sp³-hybridized carbons (Fsp3) is 0.696. The second-order valence-electron chi connectivity index (χ2n) is 8.32. The summed E-state index contributed by atoms with van der Waals surface area (Å²) >= 11 is 0. The van der Waals surface area contributed by atoms with E-state index in [9.17, 15) is 4.79 Å². The van der Waals surface area contributed by atoms with E-state index in [0.29, 0.717) is 5.91 Å². The Morgan fingerprint density at radius 2 is 1.84 bits per heavy atom. The van der Waals surface area contributed by atoms with Gasteiger partial charge >= 0.3 is 0 Å². The Morgan fingerprint density at radius 1 is 1.09 bits per heavy atom. The number of aromatic nitrogens is 1. The van der Waals surface area contributed by atoms with Crippen LogP contribution >= 0.6 is 24.0 Å². The molecule has 3 rings (SSSR count). The third kappa shape index (κ3) is 8.06. The minimum absolute atomic E-state index is 0. The van der Waals surface area contributed by atoms with Crippen molar-refractivity contribution in [1.29, 1.82) is 0 Å². The number of carbonyl (C=O) groups excluding carboxylic acids is 1. The molecule has 0 spiro atoms. The molecule has 1 atom stereocenters. The second kappa shape index (κ2) is 14.5. The number of nitrogens with zero attached hydrogens (tertiary/aromatic N) is 5. The van der Waals surface area contributed by atoms with Crippen LogP contribution in [0.4, 0.5) is 5.82 Å². The molecule has 0 radical (unpaired) electrons. The zero-order chi connectivity index (χ0) is 21.9. The second-order valence-corrected chi connectivity index (χ2v) is 8.32. The fourth-order valence-electron chi connectivity index (χ4n) is 4.21. The molecular formula is C23H40IN7O. The van der Waals surface area contributed by atoms with E-state index < -0.39 is 0 Å². The molecule has 2 saturated heterocycles. The number of piperazine rings is 1. The van der Waals surface area contributed by atoms with Gasteiger partial charge in [-0.1, -0.05) is 6.07 Å². The average molecular weight is 558 g/mol. The van der Waals surface area contributed by atoms with E-state index in [-0.39, 0.29) is 30.0 Å². The topological polar surface area (TPSA) is 76.1 Å². The number of aliphatic imine (C=N–C) groups is 1. The summed E-state index contributed by atoms with van der Waals surface area (Å²) < 4.78 is 0. The van der Waals surface area contributed by atoms with Gasteiger partial charge in [-0.15, -0.1) is 24.0 Å². The van der Waals surface area contributed by atoms with E-state index in [2.05, 4.69) is 39.3 Å². The van der Waals surface area contributed by atoms with E-state index in [1.165, 1.54) is 0 Å². The van der Waals surface area contributed by atoms with Crippen molar-refractivity contribution in [1.82, 2.24) is 25.0 Å². The lowest BCUT2D eigenvalue weighted by atomic mass is 10.2.